The smallest absolute Gasteiger partial charge is 0.251 e. The number of hydrogen-bond donors (Lipinski definition) is 0. The molecule has 26 heavy (non-hydrogen) atoms. The van der Waals surface area contributed by atoms with E-state index in [0.717, 1.165) is 29.8 Å². The number of rotatable bonds is 5. The Bertz CT molecular complexity index is 807. The number of fused-ring (bicyclic) bond motifs is 1. The topological polar surface area (TPSA) is 60.9 Å². The molecule has 0 spiro atoms. The van der Waals surface area contributed by atoms with Crippen LogP contribution >= 0.6 is 0 Å². The first-order valence-corrected chi connectivity index (χ1v) is 8.41. The molecule has 0 radical (unpaired) electrons. The lowest BCUT2D eigenvalue weighted by atomic mass is 10.1. The fourth-order valence-corrected chi connectivity index (χ4v) is 3.08. The third-order valence-electron chi connectivity index (χ3n) is 4.32. The average Bonchev–Trinajstić information content (AvgIpc) is 2.70. The molecule has 0 fully saturated rings. The first-order valence-electron chi connectivity index (χ1n) is 8.41. The zero-order valence-electron chi connectivity index (χ0n) is 15.2. The highest BCUT2D eigenvalue weighted by Crippen LogP contribution is 2.38. The molecule has 136 valence electrons. The van der Waals surface area contributed by atoms with Crippen LogP contribution in [0.15, 0.2) is 36.5 Å². The van der Waals surface area contributed by atoms with Gasteiger partial charge in [0, 0.05) is 18.8 Å². The Hall–Kier alpha value is -3.02. The maximum atomic E-state index is 12.7. The summed E-state index contributed by atoms with van der Waals surface area (Å²) in [7, 11) is 4.68. The number of anilines is 1. The molecule has 0 N–H and O–H groups in total. The first-order chi connectivity index (χ1) is 12.7. The zero-order valence-corrected chi connectivity index (χ0v) is 15.2. The average molecular weight is 354 g/mol. The number of aryl methyl sites for hydroxylation is 1. The third-order valence-corrected chi connectivity index (χ3v) is 4.32. The van der Waals surface area contributed by atoms with Crippen LogP contribution in [-0.4, -0.2) is 38.8 Å². The second kappa shape index (κ2) is 7.91. The van der Waals surface area contributed by atoms with Gasteiger partial charge in [0.15, 0.2) is 11.5 Å². The number of aromatic nitrogens is 1. The van der Waals surface area contributed by atoms with Gasteiger partial charge in [-0.25, -0.2) is 0 Å². The van der Waals surface area contributed by atoms with E-state index in [9.17, 15) is 4.79 Å². The minimum absolute atomic E-state index is 0.0762. The predicted molar refractivity (Wildman–Crippen MR) is 100 cm³/mol. The summed E-state index contributed by atoms with van der Waals surface area (Å²) < 4.78 is 16.0. The van der Waals surface area contributed by atoms with E-state index in [0.29, 0.717) is 23.8 Å². The molecule has 1 aromatic carbocycles. The van der Waals surface area contributed by atoms with Crippen molar-refractivity contribution in [2.75, 3.05) is 32.8 Å². The summed E-state index contributed by atoms with van der Waals surface area (Å²) in [4.78, 5) is 18.8. The number of methoxy groups -OCH3 is 3. The van der Waals surface area contributed by atoms with Gasteiger partial charge in [-0.2, -0.15) is 0 Å². The second-order valence-electron chi connectivity index (χ2n) is 5.85. The van der Waals surface area contributed by atoms with Crippen LogP contribution in [0.2, 0.25) is 0 Å². The van der Waals surface area contributed by atoms with Gasteiger partial charge in [-0.3, -0.25) is 9.78 Å². The number of nitrogens with zero attached hydrogens (tertiary/aromatic N) is 2. The van der Waals surface area contributed by atoms with Crippen LogP contribution in [0.5, 0.6) is 17.2 Å². The summed E-state index contributed by atoms with van der Waals surface area (Å²) >= 11 is 0. The molecule has 1 amide bonds. The van der Waals surface area contributed by atoms with Crippen LogP contribution in [0.3, 0.4) is 0 Å². The largest absolute Gasteiger partial charge is 0.493 e. The van der Waals surface area contributed by atoms with Gasteiger partial charge in [0.05, 0.1) is 32.7 Å². The molecule has 0 saturated heterocycles. The van der Waals surface area contributed by atoms with Crippen molar-refractivity contribution in [2.45, 2.75) is 12.8 Å². The first kappa shape index (κ1) is 17.8. The Kier molecular flexibility index (Phi) is 5.41. The Morgan fingerprint density at radius 1 is 1.15 bits per heavy atom. The number of ether oxygens (including phenoxy) is 3. The van der Waals surface area contributed by atoms with Crippen molar-refractivity contribution in [3.8, 4) is 17.2 Å². The molecule has 1 aliphatic rings. The highest BCUT2D eigenvalue weighted by atomic mass is 16.5. The number of carbonyl (C=O) groups is 1. The van der Waals surface area contributed by atoms with Crippen molar-refractivity contribution < 1.29 is 19.0 Å². The van der Waals surface area contributed by atoms with Crippen LogP contribution in [0.4, 0.5) is 5.69 Å². The van der Waals surface area contributed by atoms with Gasteiger partial charge in [-0.15, -0.1) is 0 Å². The van der Waals surface area contributed by atoms with Crippen molar-refractivity contribution >= 4 is 17.7 Å². The lowest BCUT2D eigenvalue weighted by molar-refractivity contribution is -0.114. The van der Waals surface area contributed by atoms with E-state index in [-0.39, 0.29) is 5.91 Å². The van der Waals surface area contributed by atoms with E-state index in [1.807, 2.05) is 12.1 Å². The number of pyridine rings is 1. The third kappa shape index (κ3) is 3.49. The summed E-state index contributed by atoms with van der Waals surface area (Å²) in [5, 5.41) is 0. The lowest BCUT2D eigenvalue weighted by Crippen LogP contribution is -2.34. The van der Waals surface area contributed by atoms with E-state index in [1.165, 1.54) is 0 Å². The maximum absolute atomic E-state index is 12.7. The van der Waals surface area contributed by atoms with Gasteiger partial charge >= 0.3 is 0 Å². The molecule has 1 aromatic heterocycles. The maximum Gasteiger partial charge on any atom is 0.251 e. The number of hydrogen-bond acceptors (Lipinski definition) is 5. The molecule has 2 heterocycles. The van der Waals surface area contributed by atoms with Gasteiger partial charge in [0.1, 0.15) is 0 Å². The predicted octanol–water partition coefficient (Wildman–Crippen LogP) is 3.10. The number of amides is 1. The minimum atomic E-state index is -0.0762. The minimum Gasteiger partial charge on any atom is -0.493 e. The SMILES string of the molecule is COc1cc(/C=C/C(=O)N2CCCc3ncccc32)cc(OC)c1OC. The molecule has 2 aromatic rings. The molecule has 0 atom stereocenters. The molecule has 6 nitrogen and oxygen atoms in total. The van der Waals surface area contributed by atoms with Gasteiger partial charge in [-0.05, 0) is 48.7 Å². The van der Waals surface area contributed by atoms with E-state index < -0.39 is 0 Å². The van der Waals surface area contributed by atoms with E-state index in [4.69, 9.17) is 14.2 Å². The molecule has 3 rings (SSSR count). The Balaban J connectivity index is 1.85. The highest BCUT2D eigenvalue weighted by Gasteiger charge is 2.21. The quantitative estimate of drug-likeness (QED) is 0.772. The number of carbonyl (C=O) groups excluding carboxylic acids is 1. The van der Waals surface area contributed by atoms with Crippen molar-refractivity contribution in [2.24, 2.45) is 0 Å². The monoisotopic (exact) mass is 354 g/mol. The van der Waals surface area contributed by atoms with Gasteiger partial charge in [-0.1, -0.05) is 0 Å². The molecule has 0 aliphatic carbocycles. The standard InChI is InChI=1S/C20H22N2O4/c1-24-17-12-14(13-18(25-2)20(17)26-3)8-9-19(23)22-11-5-6-15-16(22)7-4-10-21-15/h4,7-10,12-13H,5-6,11H2,1-3H3/b9-8+. The Labute approximate surface area is 153 Å². The summed E-state index contributed by atoms with van der Waals surface area (Å²) in [5.74, 6) is 1.54. The molecule has 0 saturated carbocycles. The summed E-state index contributed by atoms with van der Waals surface area (Å²) in [6.07, 6.45) is 6.88. The van der Waals surface area contributed by atoms with Gasteiger partial charge in [0.2, 0.25) is 5.75 Å². The van der Waals surface area contributed by atoms with Crippen LogP contribution in [0.1, 0.15) is 17.7 Å². The normalized spacial score (nSPS) is 13.4. The van der Waals surface area contributed by atoms with Crippen LogP contribution < -0.4 is 19.1 Å². The molecule has 1 aliphatic heterocycles. The van der Waals surface area contributed by atoms with Gasteiger partial charge < -0.3 is 19.1 Å². The summed E-state index contributed by atoms with van der Waals surface area (Å²) in [6.45, 7) is 0.692. The van der Waals surface area contributed by atoms with E-state index in [2.05, 4.69) is 4.98 Å². The molecule has 0 unspecified atom stereocenters. The fraction of sp³-hybridized carbons (Fsp3) is 0.300. The van der Waals surface area contributed by atoms with E-state index in [1.54, 1.807) is 56.7 Å². The highest BCUT2D eigenvalue weighted by molar-refractivity contribution is 6.04. The zero-order chi connectivity index (χ0) is 18.5. The molecule has 0 bridgehead atoms. The van der Waals surface area contributed by atoms with Gasteiger partial charge in [0.25, 0.3) is 5.91 Å². The van der Waals surface area contributed by atoms with Crippen molar-refractivity contribution in [3.05, 3.63) is 47.8 Å². The van der Waals surface area contributed by atoms with Crippen molar-refractivity contribution in [3.63, 3.8) is 0 Å². The van der Waals surface area contributed by atoms with Crippen LogP contribution in [0.25, 0.3) is 6.08 Å². The summed E-state index contributed by atoms with van der Waals surface area (Å²) in [6, 6.07) is 7.40. The molecular weight excluding hydrogens is 332 g/mol. The van der Waals surface area contributed by atoms with E-state index >= 15 is 0 Å². The second-order valence-corrected chi connectivity index (χ2v) is 5.85. The summed E-state index contributed by atoms with van der Waals surface area (Å²) in [5.41, 5.74) is 2.64. The van der Waals surface area contributed by atoms with Crippen LogP contribution in [-0.2, 0) is 11.2 Å². The fourth-order valence-electron chi connectivity index (χ4n) is 3.08. The van der Waals surface area contributed by atoms with Crippen molar-refractivity contribution in [1.82, 2.24) is 4.98 Å². The Morgan fingerprint density at radius 3 is 2.54 bits per heavy atom. The lowest BCUT2D eigenvalue weighted by Gasteiger charge is -2.27. The molecular formula is C20H22N2O4. The molecule has 6 heteroatoms. The van der Waals surface area contributed by atoms with Crippen LogP contribution in [0, 0.1) is 0 Å². The Morgan fingerprint density at radius 2 is 1.88 bits per heavy atom. The van der Waals surface area contributed by atoms with Crippen molar-refractivity contribution in [1.29, 1.82) is 0 Å². The number of benzene rings is 1.